The van der Waals surface area contributed by atoms with Crippen LogP contribution in [-0.4, -0.2) is 27.0 Å². The van der Waals surface area contributed by atoms with E-state index in [1.807, 2.05) is 19.9 Å². The maximum absolute atomic E-state index is 13.7. The number of oxime groups is 1. The number of imidazole rings is 1. The van der Waals surface area contributed by atoms with E-state index in [2.05, 4.69) is 10.1 Å². The summed E-state index contributed by atoms with van der Waals surface area (Å²) in [5.74, 6) is -0.716. The van der Waals surface area contributed by atoms with Crippen LogP contribution >= 0.6 is 0 Å². The predicted molar refractivity (Wildman–Crippen MR) is 112 cm³/mol. The van der Waals surface area contributed by atoms with Crippen LogP contribution in [0.4, 0.5) is 4.39 Å². The van der Waals surface area contributed by atoms with Crippen molar-refractivity contribution in [1.82, 2.24) is 9.55 Å². The van der Waals surface area contributed by atoms with Crippen molar-refractivity contribution in [2.45, 2.75) is 26.2 Å². The molecule has 0 N–H and O–H groups in total. The Bertz CT molecular complexity index is 1150. The fraction of sp³-hybridized carbons (Fsp3) is 0.174. The summed E-state index contributed by atoms with van der Waals surface area (Å²) in [5, 5.41) is 4.04. The highest BCUT2D eigenvalue weighted by Crippen LogP contribution is 2.39. The highest BCUT2D eigenvalue weighted by molar-refractivity contribution is 6.01. The van der Waals surface area contributed by atoms with Crippen molar-refractivity contribution >= 4 is 17.8 Å². The van der Waals surface area contributed by atoms with Crippen LogP contribution in [0.1, 0.15) is 25.0 Å². The van der Waals surface area contributed by atoms with Gasteiger partial charge in [0.05, 0.1) is 12.9 Å². The van der Waals surface area contributed by atoms with E-state index in [0.717, 1.165) is 6.08 Å². The minimum atomic E-state index is -0.757. The topological polar surface area (TPSA) is 74.9 Å². The molecule has 0 spiro atoms. The fourth-order valence-corrected chi connectivity index (χ4v) is 3.03. The van der Waals surface area contributed by atoms with Crippen LogP contribution in [0.25, 0.3) is 6.08 Å². The molecule has 0 radical (unpaired) electrons. The quantitative estimate of drug-likeness (QED) is 0.258. The van der Waals surface area contributed by atoms with Crippen LogP contribution in [0.3, 0.4) is 0 Å². The molecule has 0 atom stereocenters. The SMILES string of the molecule is CC1(C)Oc2ccc(/C(Cn3ccnc3)=N/OC(=O)/C=C/c3ccccc3F)cc2O1. The van der Waals surface area contributed by atoms with Crippen LogP contribution in [0.5, 0.6) is 11.5 Å². The van der Waals surface area contributed by atoms with Crippen LogP contribution in [0.15, 0.2) is 72.4 Å². The zero-order valence-electron chi connectivity index (χ0n) is 17.0. The Morgan fingerprint density at radius 1 is 1.23 bits per heavy atom. The van der Waals surface area contributed by atoms with Gasteiger partial charge < -0.3 is 18.9 Å². The van der Waals surface area contributed by atoms with Crippen molar-refractivity contribution in [2.75, 3.05) is 0 Å². The molecule has 0 fully saturated rings. The maximum Gasteiger partial charge on any atom is 0.358 e. The van der Waals surface area contributed by atoms with Crippen LogP contribution in [-0.2, 0) is 16.2 Å². The van der Waals surface area contributed by atoms with Crippen LogP contribution in [0, 0.1) is 5.82 Å². The molecule has 4 rings (SSSR count). The molecule has 0 saturated heterocycles. The molecule has 158 valence electrons. The highest BCUT2D eigenvalue weighted by Gasteiger charge is 2.32. The summed E-state index contributed by atoms with van der Waals surface area (Å²) < 4.78 is 27.0. The number of hydrogen-bond acceptors (Lipinski definition) is 6. The lowest BCUT2D eigenvalue weighted by atomic mass is 10.1. The number of benzene rings is 2. The molecule has 2 heterocycles. The zero-order chi connectivity index (χ0) is 21.8. The van der Waals surface area contributed by atoms with E-state index < -0.39 is 17.6 Å². The van der Waals surface area contributed by atoms with Crippen LogP contribution < -0.4 is 9.47 Å². The number of carbonyl (C=O) groups excluding carboxylic acids is 1. The van der Waals surface area contributed by atoms with Crippen molar-refractivity contribution in [3.05, 3.63) is 84.2 Å². The number of hydrogen-bond donors (Lipinski definition) is 0. The molecule has 1 aliphatic rings. The average molecular weight is 421 g/mol. The average Bonchev–Trinajstić information content (AvgIpc) is 3.35. The maximum atomic E-state index is 13.7. The number of aromatic nitrogens is 2. The zero-order valence-corrected chi connectivity index (χ0v) is 17.0. The molecule has 3 aromatic rings. The van der Waals surface area contributed by atoms with E-state index >= 15 is 0 Å². The number of ether oxygens (including phenoxy) is 2. The highest BCUT2D eigenvalue weighted by atomic mass is 19.1. The van der Waals surface area contributed by atoms with Gasteiger partial charge in [0.2, 0.25) is 5.79 Å². The normalized spacial score (nSPS) is 14.7. The standard InChI is InChI=1S/C23H20FN3O4/c1-23(2)29-20-9-7-17(13-21(20)30-23)19(14-27-12-11-25-15-27)26-31-22(28)10-8-16-5-3-4-6-18(16)24/h3-13,15H,14H2,1-2H3/b10-8+,26-19+. The molecule has 7 nitrogen and oxygen atoms in total. The molecular formula is C23H20FN3O4. The second-order valence-electron chi connectivity index (χ2n) is 7.30. The third kappa shape index (κ3) is 4.98. The van der Waals surface area contributed by atoms with E-state index in [-0.39, 0.29) is 5.56 Å². The van der Waals surface area contributed by atoms with E-state index in [9.17, 15) is 9.18 Å². The Morgan fingerprint density at radius 3 is 2.81 bits per heavy atom. The first-order valence-corrected chi connectivity index (χ1v) is 9.58. The van der Waals surface area contributed by atoms with Gasteiger partial charge in [-0.2, -0.15) is 0 Å². The monoisotopic (exact) mass is 421 g/mol. The van der Waals surface area contributed by atoms with Crippen LogP contribution in [0.2, 0.25) is 0 Å². The van der Waals surface area contributed by atoms with Crippen molar-refractivity contribution < 1.29 is 23.5 Å². The molecule has 0 bridgehead atoms. The van der Waals surface area contributed by atoms with E-state index in [1.54, 1.807) is 53.6 Å². The Labute approximate surface area is 178 Å². The largest absolute Gasteiger partial charge is 0.449 e. The first-order chi connectivity index (χ1) is 14.9. The second-order valence-corrected chi connectivity index (χ2v) is 7.30. The number of halogens is 1. The van der Waals surface area contributed by atoms with Gasteiger partial charge in [-0.3, -0.25) is 0 Å². The molecule has 0 saturated carbocycles. The van der Waals surface area contributed by atoms with E-state index in [4.69, 9.17) is 14.3 Å². The summed E-state index contributed by atoms with van der Waals surface area (Å²) in [6, 6.07) is 11.5. The summed E-state index contributed by atoms with van der Waals surface area (Å²) in [6.45, 7) is 3.95. The molecule has 8 heteroatoms. The Hall–Kier alpha value is -3.94. The lowest BCUT2D eigenvalue weighted by Crippen LogP contribution is -2.29. The Kier molecular flexibility index (Phi) is 5.53. The Balaban J connectivity index is 1.55. The summed E-state index contributed by atoms with van der Waals surface area (Å²) in [6.07, 6.45) is 7.50. The van der Waals surface area contributed by atoms with Gasteiger partial charge in [0.15, 0.2) is 11.5 Å². The fourth-order valence-electron chi connectivity index (χ4n) is 3.03. The van der Waals surface area contributed by atoms with Crippen molar-refractivity contribution in [3.63, 3.8) is 0 Å². The lowest BCUT2D eigenvalue weighted by molar-refractivity contribution is -0.137. The first-order valence-electron chi connectivity index (χ1n) is 9.58. The first kappa shape index (κ1) is 20.3. The number of nitrogens with zero attached hydrogens (tertiary/aromatic N) is 3. The lowest BCUT2D eigenvalue weighted by Gasteiger charge is -2.16. The smallest absolute Gasteiger partial charge is 0.358 e. The molecule has 0 unspecified atom stereocenters. The van der Waals surface area contributed by atoms with Gasteiger partial charge in [-0.15, -0.1) is 0 Å². The summed E-state index contributed by atoms with van der Waals surface area (Å²) in [7, 11) is 0. The summed E-state index contributed by atoms with van der Waals surface area (Å²) in [4.78, 5) is 21.2. The van der Waals surface area contributed by atoms with Crippen molar-refractivity contribution in [2.24, 2.45) is 5.16 Å². The molecule has 31 heavy (non-hydrogen) atoms. The van der Waals surface area contributed by atoms with Gasteiger partial charge in [0, 0.05) is 43.4 Å². The molecule has 1 aliphatic heterocycles. The predicted octanol–water partition coefficient (Wildman–Crippen LogP) is 4.19. The third-order valence-corrected chi connectivity index (χ3v) is 4.43. The molecule has 2 aromatic carbocycles. The molecule has 0 amide bonds. The summed E-state index contributed by atoms with van der Waals surface area (Å²) in [5.41, 5.74) is 1.45. The van der Waals surface area contributed by atoms with Gasteiger partial charge in [-0.25, -0.2) is 14.2 Å². The van der Waals surface area contributed by atoms with Crippen molar-refractivity contribution in [1.29, 1.82) is 0 Å². The van der Waals surface area contributed by atoms with Gasteiger partial charge in [-0.05, 0) is 30.3 Å². The molecular weight excluding hydrogens is 401 g/mol. The second kappa shape index (κ2) is 8.43. The Morgan fingerprint density at radius 2 is 2.03 bits per heavy atom. The van der Waals surface area contributed by atoms with E-state index in [0.29, 0.717) is 29.3 Å². The number of rotatable bonds is 6. The van der Waals surface area contributed by atoms with E-state index in [1.165, 1.54) is 12.1 Å². The van der Waals surface area contributed by atoms with Gasteiger partial charge in [0.25, 0.3) is 0 Å². The van der Waals surface area contributed by atoms with Crippen molar-refractivity contribution in [3.8, 4) is 11.5 Å². The van der Waals surface area contributed by atoms with Gasteiger partial charge in [0.1, 0.15) is 11.5 Å². The number of carbonyl (C=O) groups is 1. The minimum absolute atomic E-state index is 0.278. The minimum Gasteiger partial charge on any atom is -0.449 e. The summed E-state index contributed by atoms with van der Waals surface area (Å²) >= 11 is 0. The number of fused-ring (bicyclic) bond motifs is 1. The van der Waals surface area contributed by atoms with Gasteiger partial charge >= 0.3 is 5.97 Å². The molecule has 0 aliphatic carbocycles. The molecule has 1 aromatic heterocycles. The van der Waals surface area contributed by atoms with Gasteiger partial charge in [-0.1, -0.05) is 23.4 Å². The third-order valence-electron chi connectivity index (χ3n) is 4.43.